The molecule has 2 heterocycles. The van der Waals surface area contributed by atoms with Gasteiger partial charge >= 0.3 is 0 Å². The van der Waals surface area contributed by atoms with Gasteiger partial charge in [0.05, 0.1) is 22.4 Å². The zero-order valence-corrected chi connectivity index (χ0v) is 14.3. The monoisotopic (exact) mass is 325 g/mol. The first-order valence-electron chi connectivity index (χ1n) is 8.60. The highest BCUT2D eigenvalue weighted by Gasteiger charge is 2.21. The third-order valence-electron chi connectivity index (χ3n) is 4.84. The Morgan fingerprint density at radius 2 is 1.48 bits per heavy atom. The highest BCUT2D eigenvalue weighted by Crippen LogP contribution is 2.32. The van der Waals surface area contributed by atoms with Crippen LogP contribution in [-0.4, -0.2) is 14.0 Å². The highest BCUT2D eigenvalue weighted by molar-refractivity contribution is 5.86. The topological polar surface area (TPSA) is 22.2 Å². The van der Waals surface area contributed by atoms with Crippen LogP contribution in [0.5, 0.6) is 0 Å². The fourth-order valence-electron chi connectivity index (χ4n) is 3.53. The minimum absolute atomic E-state index is 0.0401. The molecule has 0 unspecified atom stereocenters. The summed E-state index contributed by atoms with van der Waals surface area (Å²) in [5, 5.41) is 0. The molecular weight excluding hydrogens is 306 g/mol. The van der Waals surface area contributed by atoms with Gasteiger partial charge in [0.1, 0.15) is 0 Å². The van der Waals surface area contributed by atoms with Crippen LogP contribution in [0.1, 0.15) is 25.2 Å². The lowest BCUT2D eigenvalue weighted by Crippen LogP contribution is -2.00. The Morgan fingerprint density at radius 1 is 0.800 bits per heavy atom. The Kier molecular flexibility index (Phi) is 2.84. The summed E-state index contributed by atoms with van der Waals surface area (Å²) in [7, 11) is 0. The largest absolute Gasteiger partial charge is 0.278 e. The molecule has 0 radical (unpaired) electrons. The molecule has 1 aliphatic carbocycles. The standard InChI is InChI=1S/C22H19N3/c1-22(2)14-12-17-18(13-15-22)25-20-11-7-6-10-19(20)24(21(25)23-17)16-8-4-3-5-9-16/h3-15H,1-2H3. The van der Waals surface area contributed by atoms with E-state index in [-0.39, 0.29) is 5.41 Å². The van der Waals surface area contributed by atoms with Crippen molar-refractivity contribution < 1.29 is 0 Å². The van der Waals surface area contributed by atoms with Crippen molar-refractivity contribution in [1.29, 1.82) is 0 Å². The predicted molar refractivity (Wildman–Crippen MR) is 104 cm³/mol. The summed E-state index contributed by atoms with van der Waals surface area (Å²) in [6, 6.07) is 18.9. The van der Waals surface area contributed by atoms with E-state index in [0.717, 1.165) is 22.9 Å². The summed E-state index contributed by atoms with van der Waals surface area (Å²) in [6.07, 6.45) is 8.82. The van der Waals surface area contributed by atoms with Crippen molar-refractivity contribution in [3.63, 3.8) is 0 Å². The van der Waals surface area contributed by atoms with Crippen LogP contribution in [0.2, 0.25) is 0 Å². The van der Waals surface area contributed by atoms with E-state index in [2.05, 4.69) is 95.7 Å². The maximum atomic E-state index is 4.98. The van der Waals surface area contributed by atoms with E-state index >= 15 is 0 Å². The Hall–Kier alpha value is -3.07. The van der Waals surface area contributed by atoms with Gasteiger partial charge in [0, 0.05) is 11.1 Å². The smallest absolute Gasteiger partial charge is 0.220 e. The summed E-state index contributed by atoms with van der Waals surface area (Å²) >= 11 is 0. The number of allylic oxidation sites excluding steroid dienone is 2. The molecule has 2 aromatic heterocycles. The number of benzene rings is 2. The van der Waals surface area contributed by atoms with E-state index in [4.69, 9.17) is 4.98 Å². The molecule has 0 saturated carbocycles. The second-order valence-corrected chi connectivity index (χ2v) is 7.17. The summed E-state index contributed by atoms with van der Waals surface area (Å²) in [5.41, 5.74) is 5.67. The second-order valence-electron chi connectivity index (χ2n) is 7.17. The number of fused-ring (bicyclic) bond motifs is 5. The summed E-state index contributed by atoms with van der Waals surface area (Å²) < 4.78 is 4.50. The van der Waals surface area contributed by atoms with Crippen molar-refractivity contribution in [2.45, 2.75) is 13.8 Å². The number of nitrogens with zero attached hydrogens (tertiary/aromatic N) is 3. The van der Waals surface area contributed by atoms with Crippen molar-refractivity contribution in [3.05, 3.63) is 78.1 Å². The van der Waals surface area contributed by atoms with Gasteiger partial charge in [0.15, 0.2) is 0 Å². The van der Waals surface area contributed by atoms with Gasteiger partial charge in [-0.15, -0.1) is 0 Å². The summed E-state index contributed by atoms with van der Waals surface area (Å²) in [4.78, 5) is 4.98. The molecule has 0 fully saturated rings. The number of hydrogen-bond acceptors (Lipinski definition) is 1. The number of para-hydroxylation sites is 3. The molecule has 0 spiro atoms. The molecule has 0 amide bonds. The molecule has 122 valence electrons. The van der Waals surface area contributed by atoms with E-state index in [1.54, 1.807) is 0 Å². The molecule has 4 aromatic rings. The van der Waals surface area contributed by atoms with Crippen LogP contribution >= 0.6 is 0 Å². The molecule has 1 aliphatic rings. The number of hydrogen-bond donors (Lipinski definition) is 0. The number of rotatable bonds is 1. The van der Waals surface area contributed by atoms with E-state index < -0.39 is 0 Å². The van der Waals surface area contributed by atoms with Gasteiger partial charge in [-0.3, -0.25) is 8.97 Å². The van der Waals surface area contributed by atoms with Gasteiger partial charge in [-0.2, -0.15) is 0 Å². The first-order chi connectivity index (χ1) is 12.1. The number of aromatic nitrogens is 3. The lowest BCUT2D eigenvalue weighted by Gasteiger charge is -2.12. The third kappa shape index (κ3) is 2.09. The molecular formula is C22H19N3. The molecule has 3 nitrogen and oxygen atoms in total. The minimum Gasteiger partial charge on any atom is -0.278 e. The maximum Gasteiger partial charge on any atom is 0.220 e. The summed E-state index contributed by atoms with van der Waals surface area (Å²) in [6.45, 7) is 4.42. The molecule has 3 heteroatoms. The van der Waals surface area contributed by atoms with Gasteiger partial charge < -0.3 is 0 Å². The van der Waals surface area contributed by atoms with Crippen molar-refractivity contribution in [2.75, 3.05) is 0 Å². The zero-order valence-electron chi connectivity index (χ0n) is 14.3. The Labute approximate surface area is 146 Å². The molecule has 2 aromatic carbocycles. The Balaban J connectivity index is 1.92. The Bertz CT molecular complexity index is 1150. The first-order valence-corrected chi connectivity index (χ1v) is 8.60. The molecule has 0 bridgehead atoms. The van der Waals surface area contributed by atoms with Gasteiger partial charge in [-0.25, -0.2) is 4.98 Å². The first kappa shape index (κ1) is 14.3. The van der Waals surface area contributed by atoms with Crippen LogP contribution in [0.3, 0.4) is 0 Å². The van der Waals surface area contributed by atoms with Crippen molar-refractivity contribution >= 4 is 29.0 Å². The average Bonchev–Trinajstić information content (AvgIpc) is 3.08. The van der Waals surface area contributed by atoms with Gasteiger partial charge in [0.25, 0.3) is 0 Å². The highest BCUT2D eigenvalue weighted by atomic mass is 15.2. The van der Waals surface area contributed by atoms with Crippen molar-refractivity contribution in [1.82, 2.24) is 14.0 Å². The number of imidazole rings is 2. The quantitative estimate of drug-likeness (QED) is 0.463. The van der Waals surface area contributed by atoms with E-state index in [0.29, 0.717) is 0 Å². The minimum atomic E-state index is 0.0401. The lowest BCUT2D eigenvalue weighted by atomic mass is 9.93. The van der Waals surface area contributed by atoms with E-state index in [1.165, 1.54) is 11.0 Å². The molecule has 25 heavy (non-hydrogen) atoms. The lowest BCUT2D eigenvalue weighted by molar-refractivity contribution is 0.633. The van der Waals surface area contributed by atoms with Crippen LogP contribution < -0.4 is 0 Å². The normalized spacial score (nSPS) is 15.6. The van der Waals surface area contributed by atoms with Crippen molar-refractivity contribution in [3.8, 4) is 5.69 Å². The predicted octanol–water partition coefficient (Wildman–Crippen LogP) is 5.34. The molecule has 0 N–H and O–H groups in total. The van der Waals surface area contributed by atoms with E-state index in [9.17, 15) is 0 Å². The van der Waals surface area contributed by atoms with Gasteiger partial charge in [0.2, 0.25) is 5.78 Å². The molecule has 0 aliphatic heterocycles. The van der Waals surface area contributed by atoms with Crippen LogP contribution in [0.25, 0.3) is 34.7 Å². The zero-order chi connectivity index (χ0) is 17.0. The van der Waals surface area contributed by atoms with Crippen LogP contribution in [0, 0.1) is 5.41 Å². The van der Waals surface area contributed by atoms with Gasteiger partial charge in [-0.1, -0.05) is 56.3 Å². The fourth-order valence-corrected chi connectivity index (χ4v) is 3.53. The van der Waals surface area contributed by atoms with Crippen LogP contribution in [0.15, 0.2) is 66.7 Å². The average molecular weight is 325 g/mol. The second kappa shape index (κ2) is 4.96. The summed E-state index contributed by atoms with van der Waals surface area (Å²) in [5.74, 6) is 0.950. The SMILES string of the molecule is CC1(C)C=Cc2nc3n(-c4ccccc4)c4ccccc4n3c2C=C1. The van der Waals surface area contributed by atoms with Crippen LogP contribution in [-0.2, 0) is 0 Å². The van der Waals surface area contributed by atoms with E-state index in [1.807, 2.05) is 6.07 Å². The molecule has 0 atom stereocenters. The Morgan fingerprint density at radius 3 is 2.28 bits per heavy atom. The van der Waals surface area contributed by atoms with Crippen molar-refractivity contribution in [2.24, 2.45) is 5.41 Å². The molecule has 5 rings (SSSR count). The third-order valence-corrected chi connectivity index (χ3v) is 4.84. The maximum absolute atomic E-state index is 4.98. The molecule has 0 saturated heterocycles. The fraction of sp³-hybridized carbons (Fsp3) is 0.136. The van der Waals surface area contributed by atoms with Gasteiger partial charge in [-0.05, 0) is 36.4 Å². The van der Waals surface area contributed by atoms with Crippen LogP contribution in [0.4, 0.5) is 0 Å².